The van der Waals surface area contributed by atoms with Gasteiger partial charge in [-0.2, -0.15) is 5.10 Å². The van der Waals surface area contributed by atoms with Gasteiger partial charge in [0.15, 0.2) is 5.82 Å². The predicted molar refractivity (Wildman–Crippen MR) is 122 cm³/mol. The Balaban J connectivity index is 1.40. The Hall–Kier alpha value is -2.84. The lowest BCUT2D eigenvalue weighted by Gasteiger charge is -2.26. The zero-order chi connectivity index (χ0) is 20.7. The second-order valence-electron chi connectivity index (χ2n) is 8.78. The lowest BCUT2D eigenvalue weighted by Crippen LogP contribution is -2.45. The third kappa shape index (κ3) is 3.68. The molecule has 1 saturated heterocycles. The van der Waals surface area contributed by atoms with Gasteiger partial charge in [0.1, 0.15) is 0 Å². The number of hydrogen-bond donors (Lipinski definition) is 2. The first kappa shape index (κ1) is 19.1. The van der Waals surface area contributed by atoms with Crippen molar-refractivity contribution in [3.05, 3.63) is 42.2 Å². The lowest BCUT2D eigenvalue weighted by molar-refractivity contribution is 0.373. The van der Waals surface area contributed by atoms with Crippen molar-refractivity contribution in [1.82, 2.24) is 30.7 Å². The highest BCUT2D eigenvalue weighted by atomic mass is 32.1. The van der Waals surface area contributed by atoms with Crippen molar-refractivity contribution in [3.63, 3.8) is 0 Å². The topological polar surface area (TPSA) is 82.6 Å². The first-order valence-electron chi connectivity index (χ1n) is 10.2. The Bertz CT molecular complexity index is 1140. The Morgan fingerprint density at radius 3 is 2.73 bits per heavy atom. The summed E-state index contributed by atoms with van der Waals surface area (Å²) < 4.78 is 1.12. The van der Waals surface area contributed by atoms with Crippen molar-refractivity contribution in [3.8, 4) is 22.4 Å². The van der Waals surface area contributed by atoms with E-state index in [9.17, 15) is 0 Å². The number of nitrogens with one attached hydrogen (secondary N) is 2. The summed E-state index contributed by atoms with van der Waals surface area (Å²) in [6.45, 7) is 8.59. The van der Waals surface area contributed by atoms with Crippen LogP contribution >= 0.6 is 11.3 Å². The van der Waals surface area contributed by atoms with Crippen molar-refractivity contribution in [2.45, 2.75) is 38.8 Å². The highest BCUT2D eigenvalue weighted by Crippen LogP contribution is 2.36. The van der Waals surface area contributed by atoms with Crippen molar-refractivity contribution >= 4 is 27.4 Å². The quantitative estimate of drug-likeness (QED) is 0.518. The monoisotopic (exact) mass is 419 g/mol. The molecule has 0 radical (unpaired) electrons. The van der Waals surface area contributed by atoms with Gasteiger partial charge in [-0.1, -0.05) is 12.1 Å². The molecule has 1 fully saturated rings. The molecule has 4 aromatic rings. The number of anilines is 1. The van der Waals surface area contributed by atoms with Crippen LogP contribution in [0.1, 0.15) is 27.2 Å². The number of hydrogen-bond acceptors (Lipinski definition) is 7. The van der Waals surface area contributed by atoms with E-state index in [1.807, 2.05) is 17.9 Å². The minimum atomic E-state index is 0.124. The van der Waals surface area contributed by atoms with Crippen LogP contribution in [0.5, 0.6) is 0 Å². The maximum Gasteiger partial charge on any atom is 0.151 e. The van der Waals surface area contributed by atoms with E-state index in [1.165, 1.54) is 0 Å². The fourth-order valence-corrected chi connectivity index (χ4v) is 4.96. The van der Waals surface area contributed by atoms with E-state index in [-0.39, 0.29) is 5.54 Å². The zero-order valence-corrected chi connectivity index (χ0v) is 18.2. The van der Waals surface area contributed by atoms with E-state index in [2.05, 4.69) is 80.6 Å². The molecule has 5 rings (SSSR count). The van der Waals surface area contributed by atoms with Gasteiger partial charge in [0, 0.05) is 47.6 Å². The fraction of sp³-hybridized carbons (Fsp3) is 0.364. The van der Waals surface area contributed by atoms with Crippen LogP contribution in [0.2, 0.25) is 0 Å². The van der Waals surface area contributed by atoms with E-state index >= 15 is 0 Å². The van der Waals surface area contributed by atoms with Gasteiger partial charge in [-0.3, -0.25) is 5.10 Å². The summed E-state index contributed by atoms with van der Waals surface area (Å²) in [7, 11) is 0. The number of benzene rings is 1. The number of fused-ring (bicyclic) bond motifs is 1. The number of nitrogens with zero attached hydrogens (tertiary/aromatic N) is 5. The Kier molecular flexibility index (Phi) is 4.75. The Morgan fingerprint density at radius 1 is 1.13 bits per heavy atom. The molecule has 0 bridgehead atoms. The minimum absolute atomic E-state index is 0.124. The van der Waals surface area contributed by atoms with Gasteiger partial charge in [0.2, 0.25) is 0 Å². The molecule has 0 aliphatic carbocycles. The van der Waals surface area contributed by atoms with E-state index in [0.717, 1.165) is 57.9 Å². The number of aromatic nitrogens is 5. The molecule has 0 spiro atoms. The first-order chi connectivity index (χ1) is 14.5. The minimum Gasteiger partial charge on any atom is -0.354 e. The Morgan fingerprint density at radius 2 is 2.00 bits per heavy atom. The summed E-state index contributed by atoms with van der Waals surface area (Å²) in [5.74, 6) is 0.938. The number of thiazole rings is 1. The van der Waals surface area contributed by atoms with Crippen LogP contribution in [0.3, 0.4) is 0 Å². The van der Waals surface area contributed by atoms with E-state index in [0.29, 0.717) is 6.04 Å². The predicted octanol–water partition coefficient (Wildman–Crippen LogP) is 4.11. The molecule has 0 saturated carbocycles. The number of aromatic amines is 1. The molecular formula is C22H25N7S. The third-order valence-corrected chi connectivity index (χ3v) is 6.23. The molecular weight excluding hydrogens is 394 g/mol. The van der Waals surface area contributed by atoms with Crippen LogP contribution in [0.15, 0.2) is 42.2 Å². The highest BCUT2D eigenvalue weighted by Gasteiger charge is 2.26. The van der Waals surface area contributed by atoms with Gasteiger partial charge in [-0.25, -0.2) is 4.98 Å². The molecule has 0 amide bonds. The third-order valence-electron chi connectivity index (χ3n) is 5.37. The molecule has 4 heterocycles. The molecule has 1 atom stereocenters. The molecule has 3 aromatic heterocycles. The molecule has 1 unspecified atom stereocenters. The normalized spacial score (nSPS) is 17.2. The molecule has 1 aliphatic heterocycles. The van der Waals surface area contributed by atoms with Crippen molar-refractivity contribution in [2.75, 3.05) is 18.0 Å². The summed E-state index contributed by atoms with van der Waals surface area (Å²) in [5, 5.41) is 19.7. The molecule has 154 valence electrons. The summed E-state index contributed by atoms with van der Waals surface area (Å²) in [4.78, 5) is 6.90. The Labute approximate surface area is 179 Å². The van der Waals surface area contributed by atoms with Gasteiger partial charge < -0.3 is 10.2 Å². The number of rotatable bonds is 4. The summed E-state index contributed by atoms with van der Waals surface area (Å²) >= 11 is 1.63. The van der Waals surface area contributed by atoms with E-state index in [4.69, 9.17) is 0 Å². The first-order valence-corrected chi connectivity index (χ1v) is 11.1. The van der Waals surface area contributed by atoms with E-state index in [1.54, 1.807) is 11.3 Å². The zero-order valence-electron chi connectivity index (χ0n) is 17.4. The number of H-pyrrole nitrogens is 1. The average Bonchev–Trinajstić information content (AvgIpc) is 3.47. The van der Waals surface area contributed by atoms with Crippen LogP contribution in [0, 0.1) is 0 Å². The lowest BCUT2D eigenvalue weighted by atomic mass is 10.0. The van der Waals surface area contributed by atoms with Crippen molar-refractivity contribution < 1.29 is 0 Å². The summed E-state index contributed by atoms with van der Waals surface area (Å²) in [5.41, 5.74) is 7.02. The molecule has 1 aliphatic rings. The fourth-order valence-electron chi connectivity index (χ4n) is 4.12. The summed E-state index contributed by atoms with van der Waals surface area (Å²) in [6.07, 6.45) is 4.83. The molecule has 1 aromatic carbocycles. The van der Waals surface area contributed by atoms with Crippen molar-refractivity contribution in [2.24, 2.45) is 0 Å². The van der Waals surface area contributed by atoms with Crippen LogP contribution in [-0.4, -0.2) is 50.0 Å². The second-order valence-corrected chi connectivity index (χ2v) is 9.64. The SMILES string of the molecule is CC(C)(C)NC1CCN(c2ccc(-c3ccc(-c4cn[nH]c4)c4ncsc34)nn2)C1. The summed E-state index contributed by atoms with van der Waals surface area (Å²) in [6, 6.07) is 8.82. The van der Waals surface area contributed by atoms with Crippen LogP contribution < -0.4 is 10.2 Å². The van der Waals surface area contributed by atoms with Gasteiger partial charge in [-0.15, -0.1) is 21.5 Å². The smallest absolute Gasteiger partial charge is 0.151 e. The van der Waals surface area contributed by atoms with Crippen LogP contribution in [-0.2, 0) is 0 Å². The van der Waals surface area contributed by atoms with Gasteiger partial charge in [-0.05, 0) is 39.3 Å². The standard InChI is InChI=1S/C22H25N7S/c1-22(2,3)26-15-8-9-29(12-15)19-7-6-18(27-28-19)17-5-4-16(14-10-24-25-11-14)20-21(17)30-13-23-20/h4-7,10-11,13,15,26H,8-9,12H2,1-3H3,(H,24,25). The van der Waals surface area contributed by atoms with E-state index < -0.39 is 0 Å². The van der Waals surface area contributed by atoms with Gasteiger partial charge >= 0.3 is 0 Å². The average molecular weight is 420 g/mol. The van der Waals surface area contributed by atoms with Crippen LogP contribution in [0.4, 0.5) is 5.82 Å². The maximum atomic E-state index is 4.59. The van der Waals surface area contributed by atoms with Crippen molar-refractivity contribution in [1.29, 1.82) is 0 Å². The second kappa shape index (κ2) is 7.45. The highest BCUT2D eigenvalue weighted by molar-refractivity contribution is 7.17. The molecule has 7 nitrogen and oxygen atoms in total. The van der Waals surface area contributed by atoms with Crippen LogP contribution in [0.25, 0.3) is 32.6 Å². The molecule has 30 heavy (non-hydrogen) atoms. The largest absolute Gasteiger partial charge is 0.354 e. The maximum absolute atomic E-state index is 4.59. The molecule has 8 heteroatoms. The van der Waals surface area contributed by atoms with Gasteiger partial charge in [0.25, 0.3) is 0 Å². The molecule has 2 N–H and O–H groups in total. The van der Waals surface area contributed by atoms with Gasteiger partial charge in [0.05, 0.1) is 27.6 Å².